The van der Waals surface area contributed by atoms with Gasteiger partial charge in [0.25, 0.3) is 11.5 Å². The Balaban J connectivity index is 1.35. The van der Waals surface area contributed by atoms with Gasteiger partial charge >= 0.3 is 0 Å². The molecule has 7 heteroatoms. The van der Waals surface area contributed by atoms with Gasteiger partial charge in [-0.1, -0.05) is 60.7 Å². The van der Waals surface area contributed by atoms with E-state index in [-0.39, 0.29) is 17.4 Å². The van der Waals surface area contributed by atoms with Gasteiger partial charge < -0.3 is 9.32 Å². The SMILES string of the molecule is O=C(c1nn(Cc2ccccc2)c(=O)c2ccccc12)N1CCC[C@H](c2nc3ccccc3o2)C1. The van der Waals surface area contributed by atoms with Crippen molar-refractivity contribution in [1.82, 2.24) is 19.7 Å². The number of aromatic nitrogens is 3. The van der Waals surface area contributed by atoms with E-state index in [1.807, 2.05) is 71.6 Å². The molecule has 1 fully saturated rings. The zero-order chi connectivity index (χ0) is 23.8. The zero-order valence-corrected chi connectivity index (χ0v) is 19.1. The highest BCUT2D eigenvalue weighted by Crippen LogP contribution is 2.30. The van der Waals surface area contributed by atoms with Crippen molar-refractivity contribution in [3.63, 3.8) is 0 Å². The van der Waals surface area contributed by atoms with Gasteiger partial charge in [-0.25, -0.2) is 9.67 Å². The van der Waals surface area contributed by atoms with E-state index in [0.717, 1.165) is 29.5 Å². The Morgan fingerprint density at radius 3 is 2.51 bits per heavy atom. The van der Waals surface area contributed by atoms with Gasteiger partial charge in [0, 0.05) is 18.5 Å². The number of para-hydroxylation sites is 2. The summed E-state index contributed by atoms with van der Waals surface area (Å²) in [5.41, 5.74) is 2.63. The van der Waals surface area contributed by atoms with Gasteiger partial charge in [0.1, 0.15) is 5.52 Å². The number of piperidine rings is 1. The lowest BCUT2D eigenvalue weighted by molar-refractivity contribution is 0.0692. The van der Waals surface area contributed by atoms with Gasteiger partial charge in [-0.2, -0.15) is 5.10 Å². The number of likely N-dealkylation sites (tertiary alicyclic amines) is 1. The summed E-state index contributed by atoms with van der Waals surface area (Å²) in [6, 6.07) is 24.6. The number of carbonyl (C=O) groups excluding carboxylic acids is 1. The number of benzene rings is 3. The van der Waals surface area contributed by atoms with E-state index in [4.69, 9.17) is 4.42 Å². The Labute approximate surface area is 201 Å². The topological polar surface area (TPSA) is 81.2 Å². The molecule has 3 aromatic carbocycles. The third-order valence-corrected chi connectivity index (χ3v) is 6.61. The van der Waals surface area contributed by atoms with Crippen LogP contribution in [0.3, 0.4) is 0 Å². The van der Waals surface area contributed by atoms with Crippen LogP contribution >= 0.6 is 0 Å². The van der Waals surface area contributed by atoms with Gasteiger partial charge in [0.05, 0.1) is 17.8 Å². The lowest BCUT2D eigenvalue weighted by Crippen LogP contribution is -2.40. The second-order valence-electron chi connectivity index (χ2n) is 8.95. The van der Waals surface area contributed by atoms with Gasteiger partial charge in [-0.3, -0.25) is 9.59 Å². The van der Waals surface area contributed by atoms with Crippen molar-refractivity contribution in [1.29, 1.82) is 0 Å². The Morgan fingerprint density at radius 2 is 1.69 bits per heavy atom. The van der Waals surface area contributed by atoms with Crippen molar-refractivity contribution in [3.05, 3.63) is 106 Å². The van der Waals surface area contributed by atoms with Crippen molar-refractivity contribution >= 4 is 27.8 Å². The minimum atomic E-state index is -0.205. The lowest BCUT2D eigenvalue weighted by atomic mass is 9.97. The number of hydrogen-bond acceptors (Lipinski definition) is 5. The second-order valence-corrected chi connectivity index (χ2v) is 8.95. The zero-order valence-electron chi connectivity index (χ0n) is 19.1. The van der Waals surface area contributed by atoms with Crippen molar-refractivity contribution < 1.29 is 9.21 Å². The average Bonchev–Trinajstić information content (AvgIpc) is 3.35. The van der Waals surface area contributed by atoms with Crippen LogP contribution in [-0.4, -0.2) is 38.7 Å². The van der Waals surface area contributed by atoms with E-state index in [1.165, 1.54) is 4.68 Å². The van der Waals surface area contributed by atoms with Crippen molar-refractivity contribution in [3.8, 4) is 0 Å². The summed E-state index contributed by atoms with van der Waals surface area (Å²) in [5.74, 6) is 0.501. The van der Waals surface area contributed by atoms with E-state index in [1.54, 1.807) is 12.1 Å². The smallest absolute Gasteiger partial charge is 0.274 e. The van der Waals surface area contributed by atoms with Gasteiger partial charge in [-0.05, 0) is 36.6 Å². The molecule has 1 amide bonds. The molecule has 5 aromatic rings. The molecule has 2 aromatic heterocycles. The molecule has 1 saturated heterocycles. The largest absolute Gasteiger partial charge is 0.440 e. The third-order valence-electron chi connectivity index (χ3n) is 6.61. The Hall–Kier alpha value is -4.26. The maximum Gasteiger partial charge on any atom is 0.274 e. The Kier molecular flexibility index (Phi) is 5.37. The fourth-order valence-electron chi connectivity index (χ4n) is 4.83. The number of oxazole rings is 1. The number of fused-ring (bicyclic) bond motifs is 2. The van der Waals surface area contributed by atoms with Crippen LogP contribution in [0.2, 0.25) is 0 Å². The molecule has 35 heavy (non-hydrogen) atoms. The molecule has 0 radical (unpaired) electrons. The second kappa shape index (κ2) is 8.83. The molecule has 1 atom stereocenters. The minimum absolute atomic E-state index is 0.0154. The number of carbonyl (C=O) groups is 1. The highest BCUT2D eigenvalue weighted by atomic mass is 16.3. The maximum atomic E-state index is 13.8. The molecule has 0 spiro atoms. The summed E-state index contributed by atoms with van der Waals surface area (Å²) in [6.07, 6.45) is 1.75. The van der Waals surface area contributed by atoms with Gasteiger partial charge in [0.2, 0.25) is 0 Å². The first-order valence-corrected chi connectivity index (χ1v) is 11.9. The third kappa shape index (κ3) is 3.99. The van der Waals surface area contributed by atoms with E-state index in [9.17, 15) is 9.59 Å². The van der Waals surface area contributed by atoms with Crippen LogP contribution < -0.4 is 5.56 Å². The molecule has 0 N–H and O–H groups in total. The van der Waals surface area contributed by atoms with Crippen molar-refractivity contribution in [2.45, 2.75) is 25.3 Å². The molecule has 1 aliphatic rings. The van der Waals surface area contributed by atoms with Crippen LogP contribution in [0.1, 0.15) is 40.7 Å². The molecule has 6 rings (SSSR count). The normalized spacial score (nSPS) is 16.1. The highest BCUT2D eigenvalue weighted by molar-refractivity contribution is 6.04. The van der Waals surface area contributed by atoms with Crippen molar-refractivity contribution in [2.75, 3.05) is 13.1 Å². The molecular formula is C28H24N4O3. The number of amides is 1. The van der Waals surface area contributed by atoms with E-state index >= 15 is 0 Å². The average molecular weight is 465 g/mol. The summed E-state index contributed by atoms with van der Waals surface area (Å²) >= 11 is 0. The molecule has 0 saturated carbocycles. The lowest BCUT2D eigenvalue weighted by Gasteiger charge is -2.31. The van der Waals surface area contributed by atoms with E-state index in [0.29, 0.717) is 42.0 Å². The monoisotopic (exact) mass is 464 g/mol. The Bertz CT molecular complexity index is 1560. The van der Waals surface area contributed by atoms with Gasteiger partial charge in [-0.15, -0.1) is 0 Å². The molecule has 0 bridgehead atoms. The fourth-order valence-corrected chi connectivity index (χ4v) is 4.83. The van der Waals surface area contributed by atoms with Crippen molar-refractivity contribution in [2.24, 2.45) is 0 Å². The van der Waals surface area contributed by atoms with Crippen LogP contribution in [-0.2, 0) is 6.54 Å². The molecule has 174 valence electrons. The quantitative estimate of drug-likeness (QED) is 0.388. The van der Waals surface area contributed by atoms with E-state index < -0.39 is 0 Å². The molecule has 7 nitrogen and oxygen atoms in total. The fraction of sp³-hybridized carbons (Fsp3) is 0.214. The number of nitrogens with zero attached hydrogens (tertiary/aromatic N) is 4. The van der Waals surface area contributed by atoms with Crippen LogP contribution in [0.25, 0.3) is 21.9 Å². The number of rotatable bonds is 4. The molecule has 3 heterocycles. The van der Waals surface area contributed by atoms with Crippen LogP contribution in [0.4, 0.5) is 0 Å². The highest BCUT2D eigenvalue weighted by Gasteiger charge is 2.30. The molecule has 0 aliphatic carbocycles. The predicted molar refractivity (Wildman–Crippen MR) is 133 cm³/mol. The molecular weight excluding hydrogens is 440 g/mol. The van der Waals surface area contributed by atoms with Crippen LogP contribution in [0, 0.1) is 0 Å². The maximum absolute atomic E-state index is 13.8. The summed E-state index contributed by atoms with van der Waals surface area (Å²) < 4.78 is 7.40. The first-order chi connectivity index (χ1) is 17.2. The Morgan fingerprint density at radius 1 is 0.943 bits per heavy atom. The first-order valence-electron chi connectivity index (χ1n) is 11.9. The standard InChI is InChI=1S/C28H24N4O3/c33-27-22-13-5-4-12-21(22)25(30-32(27)17-19-9-2-1-3-10-19)28(34)31-16-8-11-20(18-31)26-29-23-14-6-7-15-24(23)35-26/h1-7,9-10,12-15,20H,8,11,16-18H2/t20-/m0/s1. The van der Waals surface area contributed by atoms with Crippen LogP contribution in [0.5, 0.6) is 0 Å². The summed E-state index contributed by atoms with van der Waals surface area (Å²) in [5, 5.41) is 5.65. The summed E-state index contributed by atoms with van der Waals surface area (Å²) in [7, 11) is 0. The summed E-state index contributed by atoms with van der Waals surface area (Å²) in [4.78, 5) is 33.4. The van der Waals surface area contributed by atoms with Crippen LogP contribution in [0.15, 0.2) is 88.1 Å². The predicted octanol–water partition coefficient (Wildman–Crippen LogP) is 4.61. The molecule has 1 aliphatic heterocycles. The molecule has 0 unspecified atom stereocenters. The summed E-state index contributed by atoms with van der Waals surface area (Å²) in [6.45, 7) is 1.43. The first kappa shape index (κ1) is 21.3. The van der Waals surface area contributed by atoms with Gasteiger partial charge in [0.15, 0.2) is 17.2 Å². The minimum Gasteiger partial charge on any atom is -0.440 e. The number of hydrogen-bond donors (Lipinski definition) is 0. The van der Waals surface area contributed by atoms with E-state index in [2.05, 4.69) is 10.1 Å².